The molecule has 1 atom stereocenters. The van der Waals surface area contributed by atoms with Gasteiger partial charge in [0.25, 0.3) is 5.91 Å². The smallest absolute Gasteiger partial charge is 0.410 e. The van der Waals surface area contributed by atoms with E-state index in [1.807, 2.05) is 69.9 Å². The molecule has 0 spiro atoms. The van der Waals surface area contributed by atoms with E-state index in [2.05, 4.69) is 0 Å². The summed E-state index contributed by atoms with van der Waals surface area (Å²) in [4.78, 5) is 31.4. The van der Waals surface area contributed by atoms with E-state index in [-0.39, 0.29) is 23.8 Å². The Labute approximate surface area is 202 Å². The van der Waals surface area contributed by atoms with E-state index in [1.54, 1.807) is 28.0 Å². The van der Waals surface area contributed by atoms with Crippen LogP contribution >= 0.6 is 0 Å². The number of hydrogen-bond donors (Lipinski definition) is 1. The van der Waals surface area contributed by atoms with Gasteiger partial charge in [0.1, 0.15) is 11.4 Å². The van der Waals surface area contributed by atoms with Crippen LogP contribution in [0.1, 0.15) is 57.8 Å². The Morgan fingerprint density at radius 3 is 2.38 bits per heavy atom. The number of rotatable bonds is 7. The number of amides is 2. The van der Waals surface area contributed by atoms with Gasteiger partial charge in [0.2, 0.25) is 0 Å². The Morgan fingerprint density at radius 1 is 1.09 bits per heavy atom. The molecule has 0 radical (unpaired) electrons. The first-order valence-electron chi connectivity index (χ1n) is 12.1. The summed E-state index contributed by atoms with van der Waals surface area (Å²) in [5.74, 6) is 0.0114. The van der Waals surface area contributed by atoms with Crippen LogP contribution in [-0.2, 0) is 4.74 Å². The number of phenols is 1. The molecule has 0 aromatic heterocycles. The second-order valence-electron chi connectivity index (χ2n) is 9.60. The van der Waals surface area contributed by atoms with Gasteiger partial charge in [-0.15, -0.1) is 0 Å². The lowest BCUT2D eigenvalue weighted by Crippen LogP contribution is -2.44. The van der Waals surface area contributed by atoms with E-state index in [4.69, 9.17) is 4.74 Å². The van der Waals surface area contributed by atoms with Gasteiger partial charge in [0.05, 0.1) is 11.7 Å². The fraction of sp³-hybridized carbons (Fsp3) is 0.481. The van der Waals surface area contributed by atoms with E-state index in [0.717, 1.165) is 18.5 Å². The van der Waals surface area contributed by atoms with Crippen molar-refractivity contribution in [3.8, 4) is 5.75 Å². The monoisotopic (exact) mass is 467 g/mol. The van der Waals surface area contributed by atoms with Gasteiger partial charge in [-0.25, -0.2) is 4.79 Å². The Balaban J connectivity index is 1.96. The summed E-state index contributed by atoms with van der Waals surface area (Å²) in [5.41, 5.74) is 1.37. The minimum atomic E-state index is -0.569. The second-order valence-corrected chi connectivity index (χ2v) is 9.60. The quantitative estimate of drug-likeness (QED) is 0.589. The number of likely N-dealkylation sites (tertiary alicyclic amines) is 1. The van der Waals surface area contributed by atoms with Gasteiger partial charge < -0.3 is 24.5 Å². The first-order valence-corrected chi connectivity index (χ1v) is 12.1. The summed E-state index contributed by atoms with van der Waals surface area (Å²) in [6.45, 7) is 11.8. The van der Waals surface area contributed by atoms with Gasteiger partial charge in [-0.2, -0.15) is 0 Å². The van der Waals surface area contributed by atoms with E-state index in [1.165, 1.54) is 0 Å². The molecule has 1 N–H and O–H groups in total. The van der Waals surface area contributed by atoms with Crippen molar-refractivity contribution < 1.29 is 19.4 Å². The maximum atomic E-state index is 13.0. The normalized spacial score (nSPS) is 15.8. The van der Waals surface area contributed by atoms with Crippen LogP contribution in [-0.4, -0.2) is 64.7 Å². The summed E-state index contributed by atoms with van der Waals surface area (Å²) in [6.07, 6.45) is 1.40. The number of aromatic hydroxyl groups is 1. The fourth-order valence-electron chi connectivity index (χ4n) is 4.31. The minimum absolute atomic E-state index is 0.0736. The molecule has 1 saturated heterocycles. The topological polar surface area (TPSA) is 73.3 Å². The van der Waals surface area contributed by atoms with Crippen molar-refractivity contribution in [2.75, 3.05) is 31.1 Å². The van der Waals surface area contributed by atoms with Crippen molar-refractivity contribution in [2.24, 2.45) is 0 Å². The lowest BCUT2D eigenvalue weighted by atomic mass is 10.1. The highest BCUT2D eigenvalue weighted by Gasteiger charge is 2.34. The third-order valence-corrected chi connectivity index (χ3v) is 6.03. The molecular formula is C27H37N3O4. The van der Waals surface area contributed by atoms with Crippen molar-refractivity contribution >= 4 is 23.4 Å². The summed E-state index contributed by atoms with van der Waals surface area (Å²) in [6, 6.07) is 14.6. The van der Waals surface area contributed by atoms with Crippen LogP contribution in [0.2, 0.25) is 0 Å². The molecule has 0 aliphatic carbocycles. The predicted octanol–water partition coefficient (Wildman–Crippen LogP) is 5.41. The van der Waals surface area contributed by atoms with Crippen LogP contribution < -0.4 is 4.90 Å². The first kappa shape index (κ1) is 25.4. The van der Waals surface area contributed by atoms with Crippen molar-refractivity contribution in [3.05, 3.63) is 54.1 Å². The molecule has 2 amide bonds. The van der Waals surface area contributed by atoms with Crippen molar-refractivity contribution in [3.63, 3.8) is 0 Å². The molecule has 0 saturated carbocycles. The molecule has 1 aliphatic rings. The second kappa shape index (κ2) is 10.8. The Hall–Kier alpha value is -3.22. The number of nitrogens with zero attached hydrogens (tertiary/aromatic N) is 3. The summed E-state index contributed by atoms with van der Waals surface area (Å²) in [7, 11) is 0. The third kappa shape index (κ3) is 6.01. The van der Waals surface area contributed by atoms with E-state index in [0.29, 0.717) is 37.4 Å². The number of benzene rings is 2. The number of ether oxygens (including phenoxy) is 1. The molecule has 184 valence electrons. The highest BCUT2D eigenvalue weighted by molar-refractivity contribution is 5.96. The summed E-state index contributed by atoms with van der Waals surface area (Å²) < 4.78 is 5.64. The molecule has 1 aliphatic heterocycles. The average molecular weight is 468 g/mol. The zero-order valence-corrected chi connectivity index (χ0v) is 21.0. The Morgan fingerprint density at radius 2 is 1.76 bits per heavy atom. The number of hydrogen-bond acceptors (Lipinski definition) is 5. The lowest BCUT2D eigenvalue weighted by molar-refractivity contribution is 0.0232. The predicted molar refractivity (Wildman–Crippen MR) is 135 cm³/mol. The summed E-state index contributed by atoms with van der Waals surface area (Å²) >= 11 is 0. The van der Waals surface area contributed by atoms with E-state index >= 15 is 0 Å². The van der Waals surface area contributed by atoms with Gasteiger partial charge in [-0.05, 0) is 77.8 Å². The fourth-order valence-corrected chi connectivity index (χ4v) is 4.31. The van der Waals surface area contributed by atoms with Gasteiger partial charge in [-0.1, -0.05) is 18.2 Å². The molecule has 7 heteroatoms. The van der Waals surface area contributed by atoms with Crippen LogP contribution in [0, 0.1) is 0 Å². The van der Waals surface area contributed by atoms with E-state index in [9.17, 15) is 14.7 Å². The lowest BCUT2D eigenvalue weighted by Gasteiger charge is -2.34. The minimum Gasteiger partial charge on any atom is -0.506 e. The number of carbonyl (C=O) groups excluding carboxylic acids is 2. The van der Waals surface area contributed by atoms with Crippen LogP contribution in [0.15, 0.2) is 48.5 Å². The van der Waals surface area contributed by atoms with Crippen LogP contribution in [0.25, 0.3) is 0 Å². The maximum Gasteiger partial charge on any atom is 0.410 e. The molecule has 34 heavy (non-hydrogen) atoms. The number of anilines is 2. The third-order valence-electron chi connectivity index (χ3n) is 6.03. The molecule has 2 aromatic carbocycles. The van der Waals surface area contributed by atoms with Crippen LogP contribution in [0.4, 0.5) is 16.2 Å². The van der Waals surface area contributed by atoms with E-state index < -0.39 is 5.60 Å². The molecule has 7 nitrogen and oxygen atoms in total. The highest BCUT2D eigenvalue weighted by atomic mass is 16.6. The number of phenolic OH excluding ortho intramolecular Hbond substituents is 1. The largest absolute Gasteiger partial charge is 0.506 e. The standard InChI is InChI=1S/C27H37N3O4/c1-6-28(7-2)25(32)20-15-16-24(31)23(18-20)30(21-12-9-8-10-13-21)19-22-14-11-17-29(22)26(33)34-27(3,4)5/h8-10,12-13,15-16,18,22,31H,6-7,11,14,17,19H2,1-5H3. The molecule has 2 aromatic rings. The number of carbonyl (C=O) groups is 2. The Kier molecular flexibility index (Phi) is 8.07. The molecule has 1 fully saturated rings. The van der Waals surface area contributed by atoms with Crippen LogP contribution in [0.5, 0.6) is 5.75 Å². The average Bonchev–Trinajstić information content (AvgIpc) is 3.27. The van der Waals surface area contributed by atoms with Gasteiger partial charge in [-0.3, -0.25) is 4.79 Å². The first-order chi connectivity index (χ1) is 16.1. The van der Waals surface area contributed by atoms with Gasteiger partial charge >= 0.3 is 6.09 Å². The van der Waals surface area contributed by atoms with Crippen molar-refractivity contribution in [1.29, 1.82) is 0 Å². The summed E-state index contributed by atoms with van der Waals surface area (Å²) in [5, 5.41) is 10.8. The molecule has 3 rings (SSSR count). The van der Waals surface area contributed by atoms with Crippen molar-refractivity contribution in [2.45, 2.75) is 59.1 Å². The van der Waals surface area contributed by atoms with Gasteiger partial charge in [0, 0.05) is 37.4 Å². The van der Waals surface area contributed by atoms with Crippen LogP contribution in [0.3, 0.4) is 0 Å². The molecule has 0 bridgehead atoms. The van der Waals surface area contributed by atoms with Gasteiger partial charge in [0.15, 0.2) is 0 Å². The molecule has 1 heterocycles. The highest BCUT2D eigenvalue weighted by Crippen LogP contribution is 2.36. The zero-order chi connectivity index (χ0) is 24.9. The van der Waals surface area contributed by atoms with Crippen molar-refractivity contribution in [1.82, 2.24) is 9.80 Å². The Bertz CT molecular complexity index is 983. The SMILES string of the molecule is CCN(CC)C(=O)c1ccc(O)c(N(CC2CCCN2C(=O)OC(C)(C)C)c2ccccc2)c1. The number of para-hydroxylation sites is 1. The molecular weight excluding hydrogens is 430 g/mol. The maximum absolute atomic E-state index is 13.0. The molecule has 1 unspecified atom stereocenters. The zero-order valence-electron chi connectivity index (χ0n) is 21.0.